The molecule has 0 unspecified atom stereocenters. The minimum Gasteiger partial charge on any atom is -0.456 e. The summed E-state index contributed by atoms with van der Waals surface area (Å²) in [5.74, 6) is 0.703. The highest BCUT2D eigenvalue weighted by Gasteiger charge is 2.19. The van der Waals surface area contributed by atoms with Crippen molar-refractivity contribution < 1.29 is 4.42 Å². The number of hydrogen-bond acceptors (Lipinski definition) is 3. The Labute approximate surface area is 378 Å². The van der Waals surface area contributed by atoms with E-state index in [-0.39, 0.29) is 0 Å². The van der Waals surface area contributed by atoms with Crippen LogP contribution < -0.4 is 0 Å². The highest BCUT2D eigenvalue weighted by Crippen LogP contribution is 2.40. The van der Waals surface area contributed by atoms with E-state index in [1.54, 1.807) is 0 Å². The Kier molecular flexibility index (Phi) is 9.46. The van der Waals surface area contributed by atoms with Gasteiger partial charge in [-0.25, -0.2) is 9.98 Å². The van der Waals surface area contributed by atoms with Gasteiger partial charge in [0, 0.05) is 28.3 Å². The van der Waals surface area contributed by atoms with Crippen LogP contribution in [0, 0.1) is 0 Å². The van der Waals surface area contributed by atoms with Crippen molar-refractivity contribution in [2.75, 3.05) is 0 Å². The summed E-state index contributed by atoms with van der Waals surface area (Å²) in [5, 5.41) is 6.98. The SMILES string of the molecule is CC1=C(c2ccc(-c3ccccc3)cc2)N=C(c2ccc3cc(-c4cccc5oc6ccc(-c7ccc8ccccc8c7)cc6c45)ccc3c2)N=C(c2ccc(-c3ccccc3)cc2)C1. The van der Waals surface area contributed by atoms with Gasteiger partial charge in [-0.05, 0) is 121 Å². The summed E-state index contributed by atoms with van der Waals surface area (Å²) >= 11 is 0. The Balaban J connectivity index is 0.927. The van der Waals surface area contributed by atoms with Crippen LogP contribution in [0.5, 0.6) is 0 Å². The Morgan fingerprint density at radius 2 is 0.862 bits per heavy atom. The van der Waals surface area contributed by atoms with Crippen molar-refractivity contribution in [3.05, 3.63) is 247 Å². The third kappa shape index (κ3) is 7.23. The second kappa shape index (κ2) is 16.1. The lowest BCUT2D eigenvalue weighted by Crippen LogP contribution is -2.06. The van der Waals surface area contributed by atoms with Crippen LogP contribution in [0.4, 0.5) is 0 Å². The molecule has 0 N–H and O–H groups in total. The van der Waals surface area contributed by atoms with Crippen molar-refractivity contribution in [1.29, 1.82) is 0 Å². The van der Waals surface area contributed by atoms with E-state index in [0.717, 1.165) is 71.9 Å². The van der Waals surface area contributed by atoms with Crippen LogP contribution in [0.3, 0.4) is 0 Å². The number of rotatable bonds is 7. The zero-order chi connectivity index (χ0) is 43.3. The van der Waals surface area contributed by atoms with Gasteiger partial charge >= 0.3 is 0 Å². The van der Waals surface area contributed by atoms with Gasteiger partial charge in [0.25, 0.3) is 0 Å². The topological polar surface area (TPSA) is 37.9 Å². The van der Waals surface area contributed by atoms with Crippen LogP contribution in [-0.2, 0) is 0 Å². The van der Waals surface area contributed by atoms with Crippen LogP contribution in [0.15, 0.2) is 244 Å². The summed E-state index contributed by atoms with van der Waals surface area (Å²) in [5.41, 5.74) is 17.4. The number of aliphatic imine (C=N–C) groups is 2. The second-order valence-electron chi connectivity index (χ2n) is 17.0. The quantitative estimate of drug-likeness (QED) is 0.158. The predicted octanol–water partition coefficient (Wildman–Crippen LogP) is 16.6. The molecule has 1 aliphatic rings. The van der Waals surface area contributed by atoms with E-state index in [2.05, 4.69) is 231 Å². The number of amidine groups is 1. The minimum absolute atomic E-state index is 0.683. The van der Waals surface area contributed by atoms with Crippen molar-refractivity contribution in [2.45, 2.75) is 13.3 Å². The number of furan rings is 1. The molecule has 0 radical (unpaired) electrons. The average Bonchev–Trinajstić information content (AvgIpc) is 3.66. The lowest BCUT2D eigenvalue weighted by molar-refractivity contribution is 0.669. The van der Waals surface area contributed by atoms with E-state index in [9.17, 15) is 0 Å². The summed E-state index contributed by atoms with van der Waals surface area (Å²) in [4.78, 5) is 10.8. The van der Waals surface area contributed by atoms with E-state index < -0.39 is 0 Å². The smallest absolute Gasteiger partial charge is 0.160 e. The monoisotopic (exact) mass is 830 g/mol. The molecule has 11 aromatic rings. The first kappa shape index (κ1) is 38.3. The summed E-state index contributed by atoms with van der Waals surface area (Å²) in [6, 6.07) is 80.1. The minimum atomic E-state index is 0.683. The van der Waals surface area contributed by atoms with Gasteiger partial charge in [0.15, 0.2) is 5.84 Å². The fourth-order valence-electron chi connectivity index (χ4n) is 9.44. The molecule has 2 heterocycles. The van der Waals surface area contributed by atoms with E-state index >= 15 is 0 Å². The number of nitrogens with zero attached hydrogens (tertiary/aromatic N) is 2. The zero-order valence-corrected chi connectivity index (χ0v) is 35.9. The van der Waals surface area contributed by atoms with Gasteiger partial charge in [0.1, 0.15) is 11.2 Å². The number of hydrogen-bond donors (Lipinski definition) is 0. The molecule has 10 aromatic carbocycles. The Morgan fingerprint density at radius 1 is 0.354 bits per heavy atom. The Hall–Kier alpha value is -8.40. The van der Waals surface area contributed by atoms with Crippen molar-refractivity contribution in [1.82, 2.24) is 0 Å². The predicted molar refractivity (Wildman–Crippen MR) is 274 cm³/mol. The summed E-state index contributed by atoms with van der Waals surface area (Å²) in [7, 11) is 0. The zero-order valence-electron chi connectivity index (χ0n) is 35.9. The van der Waals surface area contributed by atoms with Gasteiger partial charge in [-0.15, -0.1) is 0 Å². The Bertz CT molecular complexity index is 3710. The number of fused-ring (bicyclic) bond motifs is 5. The first-order valence-corrected chi connectivity index (χ1v) is 22.2. The number of benzene rings is 10. The average molecular weight is 831 g/mol. The third-order valence-corrected chi connectivity index (χ3v) is 12.9. The van der Waals surface area contributed by atoms with Crippen molar-refractivity contribution in [2.24, 2.45) is 9.98 Å². The summed E-state index contributed by atoms with van der Waals surface area (Å²) in [6.07, 6.45) is 0.683. The van der Waals surface area contributed by atoms with Crippen molar-refractivity contribution >= 4 is 60.7 Å². The molecule has 1 aliphatic heterocycles. The molecule has 65 heavy (non-hydrogen) atoms. The second-order valence-corrected chi connectivity index (χ2v) is 17.0. The largest absolute Gasteiger partial charge is 0.456 e. The van der Waals surface area contributed by atoms with Gasteiger partial charge < -0.3 is 4.42 Å². The highest BCUT2D eigenvalue weighted by atomic mass is 16.3. The van der Waals surface area contributed by atoms with Gasteiger partial charge in [0.2, 0.25) is 0 Å². The maximum Gasteiger partial charge on any atom is 0.160 e. The molecule has 3 heteroatoms. The van der Waals surface area contributed by atoms with Crippen LogP contribution in [-0.4, -0.2) is 11.5 Å². The van der Waals surface area contributed by atoms with E-state index in [1.807, 2.05) is 0 Å². The molecule has 0 bridgehead atoms. The molecular weight excluding hydrogens is 789 g/mol. The van der Waals surface area contributed by atoms with Crippen LogP contribution in [0.2, 0.25) is 0 Å². The van der Waals surface area contributed by atoms with Crippen LogP contribution in [0.25, 0.3) is 93.7 Å². The van der Waals surface area contributed by atoms with E-state index in [1.165, 1.54) is 49.7 Å². The van der Waals surface area contributed by atoms with E-state index in [0.29, 0.717) is 12.3 Å². The van der Waals surface area contributed by atoms with Gasteiger partial charge in [0.05, 0.1) is 11.4 Å². The lowest BCUT2D eigenvalue weighted by Gasteiger charge is -2.10. The third-order valence-electron chi connectivity index (χ3n) is 12.9. The first-order chi connectivity index (χ1) is 32.1. The fraction of sp³-hybridized carbons (Fsp3) is 0.0323. The summed E-state index contributed by atoms with van der Waals surface area (Å²) < 4.78 is 6.47. The summed E-state index contributed by atoms with van der Waals surface area (Å²) in [6.45, 7) is 2.19. The Morgan fingerprint density at radius 3 is 1.58 bits per heavy atom. The molecule has 0 atom stereocenters. The molecule has 12 rings (SSSR count). The number of allylic oxidation sites excluding steroid dienone is 1. The molecule has 0 fully saturated rings. The molecule has 1 aromatic heterocycles. The molecule has 0 aliphatic carbocycles. The van der Waals surface area contributed by atoms with Gasteiger partial charge in [-0.1, -0.05) is 188 Å². The standard InChI is InChI=1S/C62H42N2O/c1-40-35-57(46-24-19-44(20-25-46)41-11-4-2-5-12-41)63-62(64-61(40)47-26-21-45(22-27-47)42-13-6-3-7-14-42)54-32-30-50-37-53(31-29-51(50)38-54)55-17-10-18-59-60(55)56-39-52(33-34-58(56)65-59)49-28-23-43-15-8-9-16-48(43)36-49/h2-34,36-39H,35H2,1H3. The lowest BCUT2D eigenvalue weighted by atomic mass is 9.95. The molecule has 3 nitrogen and oxygen atoms in total. The molecular formula is C62H42N2O. The van der Waals surface area contributed by atoms with Crippen molar-refractivity contribution in [3.8, 4) is 44.5 Å². The normalized spacial score (nSPS) is 13.1. The van der Waals surface area contributed by atoms with Crippen LogP contribution >= 0.6 is 0 Å². The maximum absolute atomic E-state index is 6.47. The molecule has 0 amide bonds. The molecule has 0 spiro atoms. The molecule has 0 saturated heterocycles. The van der Waals surface area contributed by atoms with Crippen LogP contribution in [0.1, 0.15) is 30.0 Å². The van der Waals surface area contributed by atoms with Gasteiger partial charge in [-0.2, -0.15) is 0 Å². The van der Waals surface area contributed by atoms with E-state index in [4.69, 9.17) is 14.4 Å². The first-order valence-electron chi connectivity index (χ1n) is 22.2. The van der Waals surface area contributed by atoms with Crippen molar-refractivity contribution in [3.63, 3.8) is 0 Å². The van der Waals surface area contributed by atoms with Gasteiger partial charge in [-0.3, -0.25) is 0 Å². The maximum atomic E-state index is 6.47. The fourth-order valence-corrected chi connectivity index (χ4v) is 9.44. The highest BCUT2D eigenvalue weighted by molar-refractivity contribution is 6.17. The molecule has 0 saturated carbocycles. The molecule has 306 valence electrons.